The quantitative estimate of drug-likeness (QED) is 0.574. The van der Waals surface area contributed by atoms with Crippen LogP contribution < -0.4 is 0 Å². The summed E-state index contributed by atoms with van der Waals surface area (Å²) in [6, 6.07) is 0. The van der Waals surface area contributed by atoms with E-state index in [1.165, 1.54) is 6.08 Å². The van der Waals surface area contributed by atoms with Crippen LogP contribution in [0.2, 0.25) is 0 Å². The molecule has 2 N–H and O–H groups in total. The molecule has 3 rings (SSSR count). The Morgan fingerprint density at radius 1 is 1.38 bits per heavy atom. The smallest absolute Gasteiger partial charge is 0.334 e. The van der Waals surface area contributed by atoms with Gasteiger partial charge < -0.3 is 19.7 Å². The van der Waals surface area contributed by atoms with E-state index in [2.05, 4.69) is 6.58 Å². The first kappa shape index (κ1) is 19.1. The summed E-state index contributed by atoms with van der Waals surface area (Å²) in [5.41, 5.74) is -0.814. The third-order valence-corrected chi connectivity index (χ3v) is 6.37. The zero-order valence-electron chi connectivity index (χ0n) is 15.8. The molecule has 0 spiro atoms. The lowest BCUT2D eigenvalue weighted by molar-refractivity contribution is -0.234. The molecule has 7 atom stereocenters. The number of carbonyl (C=O) groups is 2. The standard InChI is InChI=1S/C20H28O6/c1-10(2)8-14(22)26-16-15-11(3)18(23)25-12(15)9-19(4)13(21)6-7-20(5,24)17(16)19/h8,12-13,15-17,21,24H,3,6-7,9H2,1-2,4-5H3. The number of aliphatic hydroxyl groups excluding tert-OH is 1. The van der Waals surface area contributed by atoms with E-state index >= 15 is 0 Å². The minimum Gasteiger partial charge on any atom is -0.458 e. The second-order valence-electron chi connectivity index (χ2n) is 8.72. The van der Waals surface area contributed by atoms with Crippen molar-refractivity contribution in [3.05, 3.63) is 23.8 Å². The van der Waals surface area contributed by atoms with Gasteiger partial charge in [-0.05, 0) is 40.0 Å². The molecule has 144 valence electrons. The molecule has 3 fully saturated rings. The van der Waals surface area contributed by atoms with Gasteiger partial charge in [-0.2, -0.15) is 0 Å². The molecule has 0 aromatic rings. The predicted molar refractivity (Wildman–Crippen MR) is 93.9 cm³/mol. The maximum atomic E-state index is 12.4. The van der Waals surface area contributed by atoms with Crippen molar-refractivity contribution in [2.24, 2.45) is 17.3 Å². The van der Waals surface area contributed by atoms with E-state index < -0.39 is 53.1 Å². The van der Waals surface area contributed by atoms with Crippen molar-refractivity contribution in [1.82, 2.24) is 0 Å². The van der Waals surface area contributed by atoms with Crippen LogP contribution in [0.25, 0.3) is 0 Å². The fraction of sp³-hybridized carbons (Fsp3) is 0.700. The first-order valence-corrected chi connectivity index (χ1v) is 9.13. The predicted octanol–water partition coefficient (Wildman–Crippen LogP) is 1.89. The van der Waals surface area contributed by atoms with Crippen LogP contribution >= 0.6 is 0 Å². The van der Waals surface area contributed by atoms with E-state index in [4.69, 9.17) is 9.47 Å². The van der Waals surface area contributed by atoms with E-state index in [-0.39, 0.29) is 5.57 Å². The zero-order chi connectivity index (χ0) is 19.4. The third-order valence-electron chi connectivity index (χ3n) is 6.37. The zero-order valence-corrected chi connectivity index (χ0v) is 15.8. The van der Waals surface area contributed by atoms with E-state index in [1.54, 1.807) is 20.8 Å². The summed E-state index contributed by atoms with van der Waals surface area (Å²) in [6.45, 7) is 11.0. The van der Waals surface area contributed by atoms with Crippen LogP contribution in [-0.4, -0.2) is 46.1 Å². The summed E-state index contributed by atoms with van der Waals surface area (Å²) in [5, 5.41) is 21.8. The molecule has 6 nitrogen and oxygen atoms in total. The Kier molecular flexibility index (Phi) is 4.56. The third kappa shape index (κ3) is 2.89. The van der Waals surface area contributed by atoms with Gasteiger partial charge in [-0.3, -0.25) is 0 Å². The van der Waals surface area contributed by atoms with Gasteiger partial charge in [-0.15, -0.1) is 0 Å². The van der Waals surface area contributed by atoms with Crippen LogP contribution in [0.4, 0.5) is 0 Å². The molecule has 0 aromatic carbocycles. The number of esters is 2. The molecule has 7 unspecified atom stereocenters. The summed E-state index contributed by atoms with van der Waals surface area (Å²) in [6.07, 6.45) is 0.655. The molecule has 3 aliphatic rings. The summed E-state index contributed by atoms with van der Waals surface area (Å²) in [5.74, 6) is -2.06. The minimum atomic E-state index is -1.14. The number of hydrogen-bond donors (Lipinski definition) is 2. The van der Waals surface area contributed by atoms with Crippen molar-refractivity contribution in [2.45, 2.75) is 70.9 Å². The van der Waals surface area contributed by atoms with Gasteiger partial charge in [-0.25, -0.2) is 9.59 Å². The summed E-state index contributed by atoms with van der Waals surface area (Å²) in [7, 11) is 0. The Morgan fingerprint density at radius 3 is 2.65 bits per heavy atom. The van der Waals surface area contributed by atoms with Crippen LogP contribution in [0.15, 0.2) is 23.8 Å². The molecule has 6 heteroatoms. The van der Waals surface area contributed by atoms with Crippen molar-refractivity contribution < 1.29 is 29.3 Å². The lowest BCUT2D eigenvalue weighted by Gasteiger charge is -2.59. The van der Waals surface area contributed by atoms with Crippen molar-refractivity contribution in [3.63, 3.8) is 0 Å². The number of fused-ring (bicyclic) bond motifs is 2. The molecule has 1 aliphatic heterocycles. The monoisotopic (exact) mass is 364 g/mol. The molecule has 2 saturated carbocycles. The molecule has 1 saturated heterocycles. The van der Waals surface area contributed by atoms with Gasteiger partial charge in [-0.1, -0.05) is 19.1 Å². The van der Waals surface area contributed by atoms with Crippen molar-refractivity contribution >= 4 is 11.9 Å². The van der Waals surface area contributed by atoms with Crippen LogP contribution in [0.1, 0.15) is 47.0 Å². The fourth-order valence-corrected chi connectivity index (χ4v) is 5.24. The Labute approximate surface area is 153 Å². The first-order valence-electron chi connectivity index (χ1n) is 9.13. The Bertz CT molecular complexity index is 674. The minimum absolute atomic E-state index is 0.267. The van der Waals surface area contributed by atoms with Gasteiger partial charge in [0.1, 0.15) is 12.2 Å². The molecule has 1 heterocycles. The number of allylic oxidation sites excluding steroid dienone is 1. The molecule has 26 heavy (non-hydrogen) atoms. The SMILES string of the molecule is C=C1C(=O)OC2CC3(C)C(O)CCC(C)(O)C3C(OC(=O)C=C(C)C)C12. The molecule has 0 bridgehead atoms. The molecular weight excluding hydrogens is 336 g/mol. The largest absolute Gasteiger partial charge is 0.458 e. The maximum absolute atomic E-state index is 12.4. The Morgan fingerprint density at radius 2 is 2.04 bits per heavy atom. The van der Waals surface area contributed by atoms with Gasteiger partial charge in [0.2, 0.25) is 0 Å². The van der Waals surface area contributed by atoms with E-state index in [0.29, 0.717) is 19.3 Å². The average molecular weight is 364 g/mol. The maximum Gasteiger partial charge on any atom is 0.334 e. The van der Waals surface area contributed by atoms with Crippen LogP contribution in [0.3, 0.4) is 0 Å². The highest BCUT2D eigenvalue weighted by Gasteiger charge is 2.66. The molecule has 0 radical (unpaired) electrons. The van der Waals surface area contributed by atoms with Crippen LogP contribution in [0, 0.1) is 17.3 Å². The molecule has 0 amide bonds. The van der Waals surface area contributed by atoms with E-state index in [1.807, 2.05) is 6.92 Å². The van der Waals surface area contributed by atoms with Crippen molar-refractivity contribution in [2.75, 3.05) is 0 Å². The van der Waals surface area contributed by atoms with Gasteiger partial charge in [0.05, 0.1) is 17.6 Å². The second kappa shape index (κ2) is 6.20. The lowest BCUT2D eigenvalue weighted by atomic mass is 9.50. The van der Waals surface area contributed by atoms with Crippen LogP contribution in [0.5, 0.6) is 0 Å². The number of aliphatic hydroxyl groups is 2. The number of hydrogen-bond acceptors (Lipinski definition) is 6. The van der Waals surface area contributed by atoms with Gasteiger partial charge in [0, 0.05) is 23.0 Å². The lowest BCUT2D eigenvalue weighted by Crippen LogP contribution is -2.65. The highest BCUT2D eigenvalue weighted by atomic mass is 16.6. The van der Waals surface area contributed by atoms with Crippen molar-refractivity contribution in [1.29, 1.82) is 0 Å². The van der Waals surface area contributed by atoms with E-state index in [9.17, 15) is 19.8 Å². The normalized spacial score (nSPS) is 44.6. The number of carbonyl (C=O) groups excluding carboxylic acids is 2. The Balaban J connectivity index is 2.06. The van der Waals surface area contributed by atoms with Gasteiger partial charge >= 0.3 is 11.9 Å². The van der Waals surface area contributed by atoms with Gasteiger partial charge in [0.15, 0.2) is 0 Å². The molecule has 0 aromatic heterocycles. The first-order chi connectivity index (χ1) is 12.0. The average Bonchev–Trinajstić information content (AvgIpc) is 2.76. The summed E-state index contributed by atoms with van der Waals surface area (Å²) >= 11 is 0. The summed E-state index contributed by atoms with van der Waals surface area (Å²) < 4.78 is 11.2. The van der Waals surface area contributed by atoms with E-state index in [0.717, 1.165) is 5.57 Å². The highest BCUT2D eigenvalue weighted by Crippen LogP contribution is 2.59. The highest BCUT2D eigenvalue weighted by molar-refractivity contribution is 5.91. The van der Waals surface area contributed by atoms with Gasteiger partial charge in [0.25, 0.3) is 0 Å². The topological polar surface area (TPSA) is 93.1 Å². The second-order valence-corrected chi connectivity index (χ2v) is 8.72. The number of ether oxygens (including phenoxy) is 2. The van der Waals surface area contributed by atoms with Crippen molar-refractivity contribution in [3.8, 4) is 0 Å². The molecular formula is C20H28O6. The fourth-order valence-electron chi connectivity index (χ4n) is 5.24. The van der Waals surface area contributed by atoms with Crippen LogP contribution in [-0.2, 0) is 19.1 Å². The molecule has 2 aliphatic carbocycles. The number of rotatable bonds is 2. The Hall–Kier alpha value is -1.66. The summed E-state index contributed by atoms with van der Waals surface area (Å²) in [4.78, 5) is 24.5.